The summed E-state index contributed by atoms with van der Waals surface area (Å²) in [4.78, 5) is 41.4. The number of carbonyl (C=O) groups is 2. The summed E-state index contributed by atoms with van der Waals surface area (Å²) < 4.78 is 52.2. The van der Waals surface area contributed by atoms with Gasteiger partial charge in [-0.1, -0.05) is 83.9 Å². The van der Waals surface area contributed by atoms with E-state index in [1.165, 1.54) is 14.2 Å². The standard InChI is InChI=1S/2C41H51ClN4O5/c1-11-14-27(4)50-34-22-26(3)32(42)24-31(34)29-15-13-16-30(23-29)33-25-35-43-28(5)36(37(39(47)48-10)51-40(6,7)8)38(46(35)44-33)45-19-17-41(9,18-20-45)49-21-12-2;1-11-14-26(3)50-33-18-17-31(42)27(4)35(33)30-16-13-15-29(24-30)32-25-34-43-28(5)36(37(39(47)48-10)51-40(6,7)8)38(46(34)44-32)45-21-19-41(9,20-22-45)49-23-12-2/h11-13,15-16,22-25,27,37H,1-2,14,17-21H2,3-10H3;11-13,15-18,24-26,37H,1-2,14,19-23H2,3-10H3/t27-,37-;26-,37-/m00/s1. The number of hydrogen-bond acceptors (Lipinski definition) is 16. The molecule has 10 rings (SSSR count). The fraction of sp³-hybridized carbons (Fsp3) is 0.439. The molecule has 2 aliphatic heterocycles. The molecule has 0 unspecified atom stereocenters. The SMILES string of the molecule is C=CCOC1(C)CCN(c2c([C@H](OC(C)(C)C)C(=O)OC)c(C)nc3cc(-c4cccc(-c5c(O[C@@H](C)CC=C)ccc(Cl)c5C)c4)nn23)CC1.C=CCOC1(C)CCN(c2c([C@H](OC(C)(C)C)C(=O)OC)c(C)nc3cc(-c4cccc(-c5cc(Cl)c(C)cc5O[C@@H](C)CC=C)c4)nn23)CC1. The van der Waals surface area contributed by atoms with E-state index in [-0.39, 0.29) is 23.4 Å². The molecule has 4 atom stereocenters. The molecule has 0 bridgehead atoms. The van der Waals surface area contributed by atoms with Crippen molar-refractivity contribution >= 4 is 58.1 Å². The third kappa shape index (κ3) is 18.3. The van der Waals surface area contributed by atoms with Gasteiger partial charge in [-0.05, 0) is 181 Å². The number of anilines is 2. The molecule has 4 aromatic heterocycles. The summed E-state index contributed by atoms with van der Waals surface area (Å²) in [5, 5.41) is 11.7. The molecule has 20 heteroatoms. The summed E-state index contributed by atoms with van der Waals surface area (Å²) in [6.07, 6.45) is 9.66. The van der Waals surface area contributed by atoms with E-state index in [9.17, 15) is 9.59 Å². The van der Waals surface area contributed by atoms with Crippen LogP contribution in [-0.4, -0.2) is 129 Å². The van der Waals surface area contributed by atoms with E-state index in [0.717, 1.165) is 118 Å². The smallest absolute Gasteiger partial charge is 0.339 e. The van der Waals surface area contributed by atoms with Crippen molar-refractivity contribution in [3.8, 4) is 56.3 Å². The largest absolute Gasteiger partial charge is 0.490 e. The van der Waals surface area contributed by atoms with E-state index in [1.54, 1.807) is 12.2 Å². The quantitative estimate of drug-likeness (QED) is 0.0369. The van der Waals surface area contributed by atoms with Crippen LogP contribution in [0.2, 0.25) is 10.0 Å². The summed E-state index contributed by atoms with van der Waals surface area (Å²) in [6, 6.07) is 28.0. The Bertz CT molecular complexity index is 4340. The lowest BCUT2D eigenvalue weighted by Gasteiger charge is -2.41. The Morgan fingerprint density at radius 2 is 0.980 bits per heavy atom. The maximum Gasteiger partial charge on any atom is 0.339 e. The highest BCUT2D eigenvalue weighted by Crippen LogP contribution is 2.44. The van der Waals surface area contributed by atoms with Crippen LogP contribution in [-0.2, 0) is 38.0 Å². The van der Waals surface area contributed by atoms with Crippen molar-refractivity contribution in [2.75, 3.05) is 63.4 Å². The minimum absolute atomic E-state index is 0.0531. The summed E-state index contributed by atoms with van der Waals surface area (Å²) in [5.74, 6) is 2.02. The maximum atomic E-state index is 13.4. The van der Waals surface area contributed by atoms with Crippen molar-refractivity contribution < 1.29 is 47.5 Å². The Kier molecular flexibility index (Phi) is 25.1. The number of ether oxygens (including phenoxy) is 8. The monoisotopic (exact) mass is 1430 g/mol. The molecule has 102 heavy (non-hydrogen) atoms. The van der Waals surface area contributed by atoms with Crippen LogP contribution < -0.4 is 19.3 Å². The zero-order valence-corrected chi connectivity index (χ0v) is 63.9. The van der Waals surface area contributed by atoms with Crippen LogP contribution in [0.4, 0.5) is 11.6 Å². The lowest BCUT2D eigenvalue weighted by atomic mass is 9.92. The molecule has 0 aliphatic carbocycles. The molecule has 2 saturated heterocycles. The Labute approximate surface area is 612 Å². The van der Waals surface area contributed by atoms with Crippen molar-refractivity contribution in [2.24, 2.45) is 0 Å². The lowest BCUT2D eigenvalue weighted by Crippen LogP contribution is -2.45. The van der Waals surface area contributed by atoms with E-state index in [0.29, 0.717) is 83.2 Å². The molecular formula is C82H102Cl2N8O10. The van der Waals surface area contributed by atoms with Crippen LogP contribution in [0.25, 0.3) is 56.1 Å². The molecule has 4 aromatic carbocycles. The lowest BCUT2D eigenvalue weighted by molar-refractivity contribution is -0.164. The number of esters is 2. The summed E-state index contributed by atoms with van der Waals surface area (Å²) in [5.41, 5.74) is 10.9. The Morgan fingerprint density at radius 3 is 1.40 bits per heavy atom. The number of fused-ring (bicyclic) bond motifs is 2. The molecule has 0 radical (unpaired) electrons. The molecule has 544 valence electrons. The molecule has 2 aliphatic rings. The number of carbonyl (C=O) groups excluding carboxylic acids is 2. The molecule has 6 heterocycles. The first kappa shape index (κ1) is 77.8. The first-order valence-corrected chi connectivity index (χ1v) is 35.8. The number of aromatic nitrogens is 6. The van der Waals surface area contributed by atoms with Crippen LogP contribution >= 0.6 is 23.2 Å². The normalized spacial score (nSPS) is 15.7. The van der Waals surface area contributed by atoms with Gasteiger partial charge >= 0.3 is 11.9 Å². The molecular weight excluding hydrogens is 1330 g/mol. The van der Waals surface area contributed by atoms with E-state index in [4.69, 9.17) is 81.3 Å². The Balaban J connectivity index is 0.000000237. The minimum Gasteiger partial charge on any atom is -0.490 e. The number of piperidine rings is 2. The number of benzene rings is 4. The molecule has 18 nitrogen and oxygen atoms in total. The van der Waals surface area contributed by atoms with Gasteiger partial charge in [0.2, 0.25) is 0 Å². The second kappa shape index (κ2) is 33.0. The molecule has 2 fully saturated rings. The highest BCUT2D eigenvalue weighted by atomic mass is 35.5. The fourth-order valence-electron chi connectivity index (χ4n) is 13.1. The molecule has 0 amide bonds. The summed E-state index contributed by atoms with van der Waals surface area (Å²) in [6.45, 7) is 46.7. The highest BCUT2D eigenvalue weighted by Gasteiger charge is 2.41. The van der Waals surface area contributed by atoms with Gasteiger partial charge in [0.15, 0.2) is 23.5 Å². The van der Waals surface area contributed by atoms with Crippen molar-refractivity contribution in [2.45, 2.75) is 182 Å². The number of nitrogens with zero attached hydrogens (tertiary/aromatic N) is 8. The Morgan fingerprint density at radius 1 is 0.559 bits per heavy atom. The van der Waals surface area contributed by atoms with E-state index in [1.807, 2.05) is 171 Å². The van der Waals surface area contributed by atoms with Gasteiger partial charge in [0, 0.05) is 94.8 Å². The topological polar surface area (TPSA) is 175 Å². The number of rotatable bonds is 26. The van der Waals surface area contributed by atoms with Gasteiger partial charge in [-0.25, -0.2) is 19.6 Å². The van der Waals surface area contributed by atoms with Gasteiger partial charge in [-0.3, -0.25) is 0 Å². The van der Waals surface area contributed by atoms with Crippen molar-refractivity contribution in [1.82, 2.24) is 29.2 Å². The molecule has 0 N–H and O–H groups in total. The van der Waals surface area contributed by atoms with Gasteiger partial charge in [-0.15, -0.1) is 26.3 Å². The maximum absolute atomic E-state index is 13.4. The molecule has 0 spiro atoms. The van der Waals surface area contributed by atoms with Gasteiger partial charge in [-0.2, -0.15) is 19.2 Å². The Hall–Kier alpha value is -8.36. The van der Waals surface area contributed by atoms with E-state index in [2.05, 4.69) is 68.2 Å². The third-order valence-corrected chi connectivity index (χ3v) is 19.3. The zero-order chi connectivity index (χ0) is 74.2. The first-order valence-electron chi connectivity index (χ1n) is 35.0. The second-order valence-electron chi connectivity index (χ2n) is 29.0. The number of aryl methyl sites for hydroxylation is 3. The van der Waals surface area contributed by atoms with Crippen LogP contribution in [0.15, 0.2) is 136 Å². The number of hydrogen-bond donors (Lipinski definition) is 0. The van der Waals surface area contributed by atoms with Crippen LogP contribution in [0.1, 0.15) is 154 Å². The van der Waals surface area contributed by atoms with Crippen LogP contribution in [0.3, 0.4) is 0 Å². The summed E-state index contributed by atoms with van der Waals surface area (Å²) >= 11 is 13.3. The molecule has 8 aromatic rings. The predicted molar refractivity (Wildman–Crippen MR) is 410 cm³/mol. The number of methoxy groups -OCH3 is 2. The van der Waals surface area contributed by atoms with Crippen molar-refractivity contribution in [3.05, 3.63) is 179 Å². The summed E-state index contributed by atoms with van der Waals surface area (Å²) in [7, 11) is 2.76. The third-order valence-electron chi connectivity index (χ3n) is 18.4. The van der Waals surface area contributed by atoms with Gasteiger partial charge in [0.1, 0.15) is 23.1 Å². The van der Waals surface area contributed by atoms with Gasteiger partial charge in [0.25, 0.3) is 0 Å². The molecule has 0 saturated carbocycles. The van der Waals surface area contributed by atoms with Crippen LogP contribution in [0.5, 0.6) is 11.5 Å². The first-order chi connectivity index (χ1) is 48.3. The predicted octanol–water partition coefficient (Wildman–Crippen LogP) is 18.5. The minimum atomic E-state index is -1.02. The van der Waals surface area contributed by atoms with Gasteiger partial charge in [0.05, 0.1) is 84.6 Å². The zero-order valence-electron chi connectivity index (χ0n) is 62.4. The van der Waals surface area contributed by atoms with E-state index >= 15 is 0 Å². The van der Waals surface area contributed by atoms with Crippen molar-refractivity contribution in [3.63, 3.8) is 0 Å². The second-order valence-corrected chi connectivity index (χ2v) is 29.8. The van der Waals surface area contributed by atoms with E-state index < -0.39 is 35.3 Å². The average molecular weight is 1430 g/mol. The van der Waals surface area contributed by atoms with Gasteiger partial charge < -0.3 is 47.7 Å². The van der Waals surface area contributed by atoms with Crippen LogP contribution in [0, 0.1) is 27.7 Å². The van der Waals surface area contributed by atoms with Crippen molar-refractivity contribution in [1.29, 1.82) is 0 Å². The number of halogens is 2. The average Bonchev–Trinajstić information content (AvgIpc) is 1.51. The highest BCUT2D eigenvalue weighted by molar-refractivity contribution is 6.32. The fourth-order valence-corrected chi connectivity index (χ4v) is 13.4.